The summed E-state index contributed by atoms with van der Waals surface area (Å²) in [5, 5.41) is 16.0. The van der Waals surface area contributed by atoms with Crippen molar-refractivity contribution < 1.29 is 5.11 Å². The van der Waals surface area contributed by atoms with Gasteiger partial charge in [0.05, 0.1) is 21.9 Å². The van der Waals surface area contributed by atoms with Gasteiger partial charge < -0.3 is 5.11 Å². The van der Waals surface area contributed by atoms with Crippen molar-refractivity contribution in [3.8, 4) is 0 Å². The Labute approximate surface area is 131 Å². The Morgan fingerprint density at radius 2 is 2.19 bits per heavy atom. The number of hydrogen-bond acceptors (Lipinski definition) is 3. The molecule has 2 heterocycles. The summed E-state index contributed by atoms with van der Waals surface area (Å²) in [5.41, 5.74) is 2.56. The van der Waals surface area contributed by atoms with E-state index in [4.69, 9.17) is 0 Å². The molecule has 0 radical (unpaired) electrons. The van der Waals surface area contributed by atoms with Crippen LogP contribution in [0, 0.1) is 0 Å². The highest BCUT2D eigenvalue weighted by atomic mass is 79.9. The normalized spacial score (nSPS) is 12.7. The molecule has 1 aromatic carbocycles. The van der Waals surface area contributed by atoms with E-state index in [9.17, 15) is 5.11 Å². The third-order valence-electron chi connectivity index (χ3n) is 3.47. The largest absolute Gasteiger partial charge is 0.382 e. The zero-order chi connectivity index (χ0) is 14.8. The molecule has 21 heavy (non-hydrogen) atoms. The molecule has 0 bridgehead atoms. The Hall–Kier alpha value is -1.72. The Bertz CT molecular complexity index is 769. The van der Waals surface area contributed by atoms with Crippen LogP contribution in [0.3, 0.4) is 0 Å². The predicted octanol–water partition coefficient (Wildman–Crippen LogP) is 3.69. The van der Waals surface area contributed by atoms with Crippen molar-refractivity contribution in [3.63, 3.8) is 0 Å². The van der Waals surface area contributed by atoms with Crippen LogP contribution in [-0.4, -0.2) is 19.9 Å². The van der Waals surface area contributed by atoms with Crippen molar-refractivity contribution in [2.45, 2.75) is 26.0 Å². The van der Waals surface area contributed by atoms with E-state index in [0.717, 1.165) is 39.6 Å². The molecule has 1 atom stereocenters. The molecule has 0 amide bonds. The highest BCUT2D eigenvalue weighted by Gasteiger charge is 2.19. The number of benzene rings is 1. The fourth-order valence-electron chi connectivity index (χ4n) is 2.46. The molecular formula is C16H16BrN3O. The fourth-order valence-corrected chi connectivity index (χ4v) is 2.97. The van der Waals surface area contributed by atoms with E-state index in [2.05, 4.69) is 32.9 Å². The van der Waals surface area contributed by atoms with Crippen LogP contribution >= 0.6 is 15.9 Å². The minimum Gasteiger partial charge on any atom is -0.382 e. The summed E-state index contributed by atoms with van der Waals surface area (Å²) in [6, 6.07) is 9.72. The second kappa shape index (κ2) is 5.95. The predicted molar refractivity (Wildman–Crippen MR) is 86.0 cm³/mol. The second-order valence-electron chi connectivity index (χ2n) is 4.96. The van der Waals surface area contributed by atoms with Crippen LogP contribution in [0.1, 0.15) is 30.7 Å². The van der Waals surface area contributed by atoms with Gasteiger partial charge in [-0.2, -0.15) is 5.10 Å². The molecule has 3 aromatic rings. The summed E-state index contributed by atoms with van der Waals surface area (Å²) in [4.78, 5) is 4.30. The van der Waals surface area contributed by atoms with Gasteiger partial charge in [0.2, 0.25) is 0 Å². The Kier molecular flexibility index (Phi) is 4.03. The Morgan fingerprint density at radius 3 is 3.00 bits per heavy atom. The number of nitrogens with zero attached hydrogens (tertiary/aromatic N) is 3. The average Bonchev–Trinajstić information content (AvgIpc) is 2.87. The van der Waals surface area contributed by atoms with Crippen molar-refractivity contribution >= 4 is 26.8 Å². The molecule has 4 nitrogen and oxygen atoms in total. The van der Waals surface area contributed by atoms with Gasteiger partial charge in [0.1, 0.15) is 6.10 Å². The Morgan fingerprint density at radius 1 is 1.33 bits per heavy atom. The van der Waals surface area contributed by atoms with E-state index in [1.807, 2.05) is 35.0 Å². The third kappa shape index (κ3) is 2.71. The van der Waals surface area contributed by atoms with Crippen molar-refractivity contribution in [1.82, 2.24) is 14.8 Å². The number of hydrogen-bond donors (Lipinski definition) is 1. The summed E-state index contributed by atoms with van der Waals surface area (Å²) < 4.78 is 2.68. The standard InChI is InChI=1S/C16H16BrN3O/c1-2-8-20-15(13(17)10-19-20)16(21)12-5-6-14-11(9-12)4-3-7-18-14/h3-7,9-10,16,21H,2,8H2,1H3. The molecule has 108 valence electrons. The highest BCUT2D eigenvalue weighted by molar-refractivity contribution is 9.10. The monoisotopic (exact) mass is 345 g/mol. The van der Waals surface area contributed by atoms with Crippen LogP contribution < -0.4 is 0 Å². The fraction of sp³-hybridized carbons (Fsp3) is 0.250. The lowest BCUT2D eigenvalue weighted by molar-refractivity contribution is 0.206. The molecule has 1 unspecified atom stereocenters. The van der Waals surface area contributed by atoms with E-state index in [-0.39, 0.29) is 0 Å². The summed E-state index contributed by atoms with van der Waals surface area (Å²) in [6.45, 7) is 2.88. The second-order valence-corrected chi connectivity index (χ2v) is 5.81. The first-order valence-electron chi connectivity index (χ1n) is 6.94. The first-order valence-corrected chi connectivity index (χ1v) is 7.74. The topological polar surface area (TPSA) is 50.9 Å². The first-order chi connectivity index (χ1) is 10.2. The molecule has 0 saturated heterocycles. The highest BCUT2D eigenvalue weighted by Crippen LogP contribution is 2.30. The van der Waals surface area contributed by atoms with E-state index in [0.29, 0.717) is 0 Å². The summed E-state index contributed by atoms with van der Waals surface area (Å²) in [7, 11) is 0. The van der Waals surface area contributed by atoms with Gasteiger partial charge in [0.15, 0.2) is 0 Å². The zero-order valence-corrected chi connectivity index (χ0v) is 13.3. The third-order valence-corrected chi connectivity index (χ3v) is 4.08. The number of pyridine rings is 1. The van der Waals surface area contributed by atoms with E-state index in [1.165, 1.54) is 0 Å². The Balaban J connectivity index is 2.03. The van der Waals surface area contributed by atoms with Crippen LogP contribution in [0.15, 0.2) is 47.2 Å². The number of aliphatic hydroxyl groups excluding tert-OH is 1. The molecular weight excluding hydrogens is 330 g/mol. The van der Waals surface area contributed by atoms with Gasteiger partial charge in [0.25, 0.3) is 0 Å². The maximum absolute atomic E-state index is 10.7. The molecule has 0 fully saturated rings. The molecule has 0 saturated carbocycles. The van der Waals surface area contributed by atoms with E-state index < -0.39 is 6.10 Å². The average molecular weight is 346 g/mol. The lowest BCUT2D eigenvalue weighted by Gasteiger charge is -2.15. The van der Waals surface area contributed by atoms with Gasteiger partial charge in [0, 0.05) is 18.1 Å². The summed E-state index contributed by atoms with van der Waals surface area (Å²) >= 11 is 3.48. The number of aromatic nitrogens is 3. The molecule has 2 aromatic heterocycles. The first kappa shape index (κ1) is 14.2. The van der Waals surface area contributed by atoms with E-state index in [1.54, 1.807) is 12.4 Å². The minimum absolute atomic E-state index is 0.710. The summed E-state index contributed by atoms with van der Waals surface area (Å²) in [5.74, 6) is 0. The molecule has 1 N–H and O–H groups in total. The number of rotatable bonds is 4. The smallest absolute Gasteiger partial charge is 0.122 e. The van der Waals surface area contributed by atoms with Crippen LogP contribution in [0.5, 0.6) is 0 Å². The van der Waals surface area contributed by atoms with Gasteiger partial charge in [-0.15, -0.1) is 0 Å². The van der Waals surface area contributed by atoms with Crippen molar-refractivity contribution in [1.29, 1.82) is 0 Å². The lowest BCUT2D eigenvalue weighted by Crippen LogP contribution is -2.10. The van der Waals surface area contributed by atoms with Gasteiger partial charge in [-0.3, -0.25) is 9.67 Å². The molecule has 5 heteroatoms. The van der Waals surface area contributed by atoms with Gasteiger partial charge in [-0.25, -0.2) is 0 Å². The van der Waals surface area contributed by atoms with Gasteiger partial charge in [-0.1, -0.05) is 19.1 Å². The van der Waals surface area contributed by atoms with Crippen molar-refractivity contribution in [2.24, 2.45) is 0 Å². The van der Waals surface area contributed by atoms with E-state index >= 15 is 0 Å². The lowest BCUT2D eigenvalue weighted by atomic mass is 10.0. The number of fused-ring (bicyclic) bond motifs is 1. The van der Waals surface area contributed by atoms with Gasteiger partial charge >= 0.3 is 0 Å². The molecule has 0 aliphatic rings. The zero-order valence-electron chi connectivity index (χ0n) is 11.7. The van der Waals surface area contributed by atoms with Crippen LogP contribution in [0.25, 0.3) is 10.9 Å². The quantitative estimate of drug-likeness (QED) is 0.784. The SMILES string of the molecule is CCCn1ncc(Br)c1C(O)c1ccc2ncccc2c1. The number of halogens is 1. The minimum atomic E-state index is -0.710. The number of aliphatic hydroxyl groups is 1. The van der Waals surface area contributed by atoms with Crippen molar-refractivity contribution in [2.75, 3.05) is 0 Å². The van der Waals surface area contributed by atoms with Gasteiger partial charge in [-0.05, 0) is 46.1 Å². The molecule has 3 rings (SSSR count). The molecule has 0 aliphatic carbocycles. The molecule has 0 aliphatic heterocycles. The van der Waals surface area contributed by atoms with Crippen LogP contribution in [0.4, 0.5) is 0 Å². The van der Waals surface area contributed by atoms with Crippen LogP contribution in [-0.2, 0) is 6.54 Å². The maximum atomic E-state index is 10.7. The molecule has 0 spiro atoms. The van der Waals surface area contributed by atoms with Crippen LogP contribution in [0.2, 0.25) is 0 Å². The maximum Gasteiger partial charge on any atom is 0.122 e. The number of aryl methyl sites for hydroxylation is 1. The summed E-state index contributed by atoms with van der Waals surface area (Å²) in [6.07, 6.45) is 3.76. The van der Waals surface area contributed by atoms with Crippen molar-refractivity contribution in [3.05, 3.63) is 58.5 Å².